The summed E-state index contributed by atoms with van der Waals surface area (Å²) >= 11 is 0. The lowest BCUT2D eigenvalue weighted by atomic mass is 10.2. The van der Waals surface area contributed by atoms with Crippen molar-refractivity contribution in [1.29, 1.82) is 0 Å². The van der Waals surface area contributed by atoms with Crippen molar-refractivity contribution in [1.82, 2.24) is 4.57 Å². The molecule has 0 saturated carbocycles. The van der Waals surface area contributed by atoms with Gasteiger partial charge in [0.05, 0.1) is 0 Å². The number of hydrogen-bond acceptors (Lipinski definition) is 1. The topological polar surface area (TPSA) is 42.2 Å². The van der Waals surface area contributed by atoms with Crippen LogP contribution in [-0.4, -0.2) is 15.6 Å². The van der Waals surface area contributed by atoms with Crippen molar-refractivity contribution in [3.63, 3.8) is 0 Å². The van der Waals surface area contributed by atoms with Gasteiger partial charge in [0.1, 0.15) is 6.54 Å². The molecule has 1 heterocycles. The smallest absolute Gasteiger partial charge is 0.323 e. The van der Waals surface area contributed by atoms with E-state index in [1.165, 1.54) is 0 Å². The molecule has 71 valence electrons. The van der Waals surface area contributed by atoms with Gasteiger partial charge in [0.15, 0.2) is 0 Å². The minimum absolute atomic E-state index is 0.00218. The fourth-order valence-corrected chi connectivity index (χ4v) is 1.63. The highest BCUT2D eigenvalue weighted by molar-refractivity contribution is 5.84. The standard InChI is InChI=1S/C11H10NO2/c1-8-6-12(7-11(13)14)10-5-3-2-4-9(8)10/h2-3,5-6H,7H2,1H3,(H,13,14). The third-order valence-corrected chi connectivity index (χ3v) is 2.19. The molecule has 0 spiro atoms. The molecule has 3 nitrogen and oxygen atoms in total. The van der Waals surface area contributed by atoms with Crippen molar-refractivity contribution in [2.75, 3.05) is 0 Å². The van der Waals surface area contributed by atoms with Crippen LogP contribution in [-0.2, 0) is 11.3 Å². The summed E-state index contributed by atoms with van der Waals surface area (Å²) in [5.41, 5.74) is 1.98. The van der Waals surface area contributed by atoms with Gasteiger partial charge < -0.3 is 9.67 Å². The number of hydrogen-bond donors (Lipinski definition) is 1. The van der Waals surface area contributed by atoms with Crippen molar-refractivity contribution in [3.05, 3.63) is 36.0 Å². The summed E-state index contributed by atoms with van der Waals surface area (Å²) in [6.07, 6.45) is 1.84. The number of aliphatic carboxylic acids is 1. The van der Waals surface area contributed by atoms with Gasteiger partial charge in [0, 0.05) is 17.1 Å². The first-order valence-corrected chi connectivity index (χ1v) is 4.36. The Balaban J connectivity index is 2.60. The molecule has 0 fully saturated rings. The molecule has 0 atom stereocenters. The van der Waals surface area contributed by atoms with Crippen LogP contribution in [0.4, 0.5) is 0 Å². The largest absolute Gasteiger partial charge is 0.480 e. The summed E-state index contributed by atoms with van der Waals surface area (Å²) in [5, 5.41) is 9.70. The van der Waals surface area contributed by atoms with Crippen molar-refractivity contribution < 1.29 is 9.90 Å². The zero-order valence-electron chi connectivity index (χ0n) is 7.82. The molecule has 1 radical (unpaired) electrons. The molecule has 0 aliphatic carbocycles. The van der Waals surface area contributed by atoms with E-state index in [9.17, 15) is 4.79 Å². The zero-order valence-corrected chi connectivity index (χ0v) is 7.82. The van der Waals surface area contributed by atoms with E-state index in [1.807, 2.05) is 31.3 Å². The van der Waals surface area contributed by atoms with Crippen LogP contribution in [0.5, 0.6) is 0 Å². The molecular formula is C11H10NO2. The number of carbonyl (C=O) groups is 1. The van der Waals surface area contributed by atoms with Gasteiger partial charge in [-0.3, -0.25) is 4.79 Å². The molecule has 1 aromatic heterocycles. The highest BCUT2D eigenvalue weighted by Crippen LogP contribution is 2.19. The van der Waals surface area contributed by atoms with Crippen LogP contribution < -0.4 is 0 Å². The average molecular weight is 188 g/mol. The molecule has 1 aromatic carbocycles. The highest BCUT2D eigenvalue weighted by atomic mass is 16.4. The van der Waals surface area contributed by atoms with Gasteiger partial charge in [0.2, 0.25) is 0 Å². The second kappa shape index (κ2) is 3.18. The van der Waals surface area contributed by atoms with Gasteiger partial charge in [-0.25, -0.2) is 0 Å². The van der Waals surface area contributed by atoms with Gasteiger partial charge in [-0.15, -0.1) is 0 Å². The second-order valence-corrected chi connectivity index (χ2v) is 3.26. The van der Waals surface area contributed by atoms with E-state index in [2.05, 4.69) is 6.07 Å². The summed E-state index contributed by atoms with van der Waals surface area (Å²) < 4.78 is 1.73. The molecule has 14 heavy (non-hydrogen) atoms. The number of benzene rings is 1. The lowest BCUT2D eigenvalue weighted by Crippen LogP contribution is -2.07. The zero-order chi connectivity index (χ0) is 10.1. The molecule has 0 bridgehead atoms. The Morgan fingerprint density at radius 2 is 2.43 bits per heavy atom. The maximum atomic E-state index is 10.6. The fourth-order valence-electron chi connectivity index (χ4n) is 1.63. The molecule has 0 amide bonds. The van der Waals surface area contributed by atoms with Crippen LogP contribution in [0.1, 0.15) is 5.56 Å². The maximum absolute atomic E-state index is 10.6. The summed E-state index contributed by atoms with van der Waals surface area (Å²) in [6, 6.07) is 8.70. The molecule has 0 aliphatic heterocycles. The summed E-state index contributed by atoms with van der Waals surface area (Å²) in [6.45, 7) is 1.96. The lowest BCUT2D eigenvalue weighted by molar-refractivity contribution is -0.137. The minimum Gasteiger partial charge on any atom is -0.480 e. The van der Waals surface area contributed by atoms with Crippen molar-refractivity contribution in [2.24, 2.45) is 0 Å². The van der Waals surface area contributed by atoms with E-state index in [0.29, 0.717) is 0 Å². The Kier molecular flexibility index (Phi) is 2.00. The van der Waals surface area contributed by atoms with E-state index < -0.39 is 5.97 Å². The fraction of sp³-hybridized carbons (Fsp3) is 0.182. The predicted molar refractivity (Wildman–Crippen MR) is 53.1 cm³/mol. The molecular weight excluding hydrogens is 178 g/mol. The monoisotopic (exact) mass is 188 g/mol. The quantitative estimate of drug-likeness (QED) is 0.781. The lowest BCUT2D eigenvalue weighted by Gasteiger charge is -1.99. The third kappa shape index (κ3) is 1.37. The number of fused-ring (bicyclic) bond motifs is 1. The van der Waals surface area contributed by atoms with E-state index in [4.69, 9.17) is 5.11 Å². The predicted octanol–water partition coefficient (Wildman–Crippen LogP) is 1.83. The van der Waals surface area contributed by atoms with Crippen LogP contribution in [0.15, 0.2) is 24.4 Å². The number of aryl methyl sites for hydroxylation is 1. The number of carboxylic acids is 1. The highest BCUT2D eigenvalue weighted by Gasteiger charge is 2.06. The van der Waals surface area contributed by atoms with Gasteiger partial charge in [-0.2, -0.15) is 0 Å². The minimum atomic E-state index is -0.828. The number of nitrogens with zero attached hydrogens (tertiary/aromatic N) is 1. The molecule has 1 N–H and O–H groups in total. The molecule has 0 aliphatic rings. The second-order valence-electron chi connectivity index (χ2n) is 3.26. The first-order valence-electron chi connectivity index (χ1n) is 4.36. The van der Waals surface area contributed by atoms with Gasteiger partial charge in [0.25, 0.3) is 0 Å². The Hall–Kier alpha value is -1.77. The molecule has 0 unspecified atom stereocenters. The normalized spacial score (nSPS) is 10.6. The van der Waals surface area contributed by atoms with Crippen molar-refractivity contribution in [2.45, 2.75) is 13.5 Å². The molecule has 3 heteroatoms. The summed E-state index contributed by atoms with van der Waals surface area (Å²) in [5.74, 6) is -0.828. The van der Waals surface area contributed by atoms with E-state index >= 15 is 0 Å². The maximum Gasteiger partial charge on any atom is 0.323 e. The summed E-state index contributed by atoms with van der Waals surface area (Å²) in [7, 11) is 0. The van der Waals surface area contributed by atoms with Crippen LogP contribution in [0.2, 0.25) is 0 Å². The number of aromatic nitrogens is 1. The Morgan fingerprint density at radius 1 is 1.64 bits per heavy atom. The Bertz CT molecular complexity index is 485. The first-order chi connectivity index (χ1) is 6.68. The van der Waals surface area contributed by atoms with Crippen molar-refractivity contribution in [3.8, 4) is 0 Å². The average Bonchev–Trinajstić information content (AvgIpc) is 2.44. The Morgan fingerprint density at radius 3 is 3.14 bits per heavy atom. The molecule has 2 aromatic rings. The van der Waals surface area contributed by atoms with Crippen LogP contribution in [0.25, 0.3) is 10.9 Å². The molecule has 2 rings (SSSR count). The third-order valence-electron chi connectivity index (χ3n) is 2.19. The van der Waals surface area contributed by atoms with E-state index in [-0.39, 0.29) is 6.54 Å². The van der Waals surface area contributed by atoms with Crippen LogP contribution >= 0.6 is 0 Å². The van der Waals surface area contributed by atoms with Crippen molar-refractivity contribution >= 4 is 16.9 Å². The van der Waals surface area contributed by atoms with Crippen LogP contribution in [0, 0.1) is 13.0 Å². The van der Waals surface area contributed by atoms with Gasteiger partial charge >= 0.3 is 5.97 Å². The van der Waals surface area contributed by atoms with Crippen LogP contribution in [0.3, 0.4) is 0 Å². The van der Waals surface area contributed by atoms with E-state index in [1.54, 1.807) is 4.57 Å². The number of carboxylic acid groups (broad SMARTS) is 1. The van der Waals surface area contributed by atoms with Gasteiger partial charge in [-0.1, -0.05) is 12.1 Å². The first kappa shape index (κ1) is 8.81. The number of rotatable bonds is 2. The van der Waals surface area contributed by atoms with Gasteiger partial charge in [-0.05, 0) is 24.6 Å². The van der Waals surface area contributed by atoms with E-state index in [0.717, 1.165) is 16.5 Å². The Labute approximate surface area is 81.6 Å². The SMILES string of the molecule is Cc1cn(CC(=O)O)c2ccc[c]c12. The summed E-state index contributed by atoms with van der Waals surface area (Å²) in [4.78, 5) is 10.6. The molecule has 0 saturated heterocycles.